The summed E-state index contributed by atoms with van der Waals surface area (Å²) >= 11 is 0. The Balaban J connectivity index is 1.67. The van der Waals surface area contributed by atoms with Crippen LogP contribution in [0.15, 0.2) is 30.5 Å². The number of hydrogen-bond donors (Lipinski definition) is 1. The molecule has 3 heterocycles. The molecule has 0 spiro atoms. The molecule has 30 heavy (non-hydrogen) atoms. The van der Waals surface area contributed by atoms with E-state index in [1.165, 1.54) is 16.7 Å². The van der Waals surface area contributed by atoms with Gasteiger partial charge in [-0.2, -0.15) is 0 Å². The number of anilines is 1. The van der Waals surface area contributed by atoms with Crippen molar-refractivity contribution < 1.29 is 9.59 Å². The van der Waals surface area contributed by atoms with Gasteiger partial charge in [0.05, 0.1) is 22.9 Å². The lowest BCUT2D eigenvalue weighted by Crippen LogP contribution is -2.52. The van der Waals surface area contributed by atoms with Gasteiger partial charge in [-0.05, 0) is 57.4 Å². The second kappa shape index (κ2) is 7.59. The molecular weight excluding hydrogens is 376 g/mol. The highest BCUT2D eigenvalue weighted by atomic mass is 16.2. The van der Waals surface area contributed by atoms with E-state index in [1.54, 1.807) is 11.8 Å². The number of ketones is 1. The Morgan fingerprint density at radius 1 is 1.13 bits per heavy atom. The van der Waals surface area contributed by atoms with Crippen LogP contribution in [0.4, 0.5) is 5.69 Å². The van der Waals surface area contributed by atoms with E-state index >= 15 is 0 Å². The molecule has 0 saturated carbocycles. The number of aromatic nitrogens is 2. The molecule has 156 valence electrons. The topological polar surface area (TPSA) is 66.7 Å². The van der Waals surface area contributed by atoms with E-state index in [1.807, 2.05) is 30.5 Å². The molecule has 1 aliphatic rings. The second-order valence-electron chi connectivity index (χ2n) is 8.36. The summed E-state index contributed by atoms with van der Waals surface area (Å²) in [6.45, 7) is 11.5. The quantitative estimate of drug-likeness (QED) is 0.702. The number of imidazole rings is 1. The van der Waals surface area contributed by atoms with Crippen molar-refractivity contribution in [2.75, 3.05) is 18.4 Å². The van der Waals surface area contributed by atoms with E-state index in [0.29, 0.717) is 25.2 Å². The fourth-order valence-corrected chi connectivity index (χ4v) is 4.01. The maximum Gasteiger partial charge on any atom is 0.255 e. The molecule has 1 aliphatic heterocycles. The lowest BCUT2D eigenvalue weighted by molar-refractivity contribution is -0.124. The molecule has 6 heteroatoms. The Bertz CT molecular complexity index is 1140. The van der Waals surface area contributed by atoms with Crippen LogP contribution in [0.3, 0.4) is 0 Å². The van der Waals surface area contributed by atoms with E-state index in [0.717, 1.165) is 22.7 Å². The largest absolute Gasteiger partial charge is 0.378 e. The number of nitrogens with zero attached hydrogens (tertiary/aromatic N) is 3. The zero-order valence-corrected chi connectivity index (χ0v) is 18.2. The molecule has 2 aromatic heterocycles. The Kier molecular flexibility index (Phi) is 5.10. The van der Waals surface area contributed by atoms with E-state index in [2.05, 4.69) is 37.4 Å². The predicted molar refractivity (Wildman–Crippen MR) is 118 cm³/mol. The minimum Gasteiger partial charge on any atom is -0.378 e. The van der Waals surface area contributed by atoms with Crippen molar-refractivity contribution >= 4 is 23.0 Å². The molecule has 6 nitrogen and oxygen atoms in total. The van der Waals surface area contributed by atoms with Gasteiger partial charge in [0.25, 0.3) is 5.91 Å². The van der Waals surface area contributed by atoms with Crippen molar-refractivity contribution in [2.45, 2.75) is 41.2 Å². The van der Waals surface area contributed by atoms with Crippen molar-refractivity contribution in [1.29, 1.82) is 0 Å². The van der Waals surface area contributed by atoms with Gasteiger partial charge < -0.3 is 14.6 Å². The van der Waals surface area contributed by atoms with Crippen LogP contribution in [0.2, 0.25) is 0 Å². The molecule has 0 bridgehead atoms. The van der Waals surface area contributed by atoms with E-state index < -0.39 is 0 Å². The van der Waals surface area contributed by atoms with Gasteiger partial charge in [-0.1, -0.05) is 18.2 Å². The first-order chi connectivity index (χ1) is 14.3. The highest BCUT2D eigenvalue weighted by Gasteiger charge is 2.34. The van der Waals surface area contributed by atoms with Gasteiger partial charge in [-0.25, -0.2) is 4.98 Å². The second-order valence-corrected chi connectivity index (χ2v) is 8.36. The lowest BCUT2D eigenvalue weighted by Gasteiger charge is -2.37. The Labute approximate surface area is 176 Å². The summed E-state index contributed by atoms with van der Waals surface area (Å²) in [5, 5.41) is 3.52. The predicted octanol–water partition coefficient (Wildman–Crippen LogP) is 3.84. The number of likely N-dealkylation sites (tertiary alicyclic amines) is 1. The summed E-state index contributed by atoms with van der Waals surface area (Å²) in [5.41, 5.74) is 7.93. The molecule has 1 amide bonds. The molecule has 4 rings (SSSR count). The number of pyridine rings is 1. The molecule has 0 radical (unpaired) electrons. The van der Waals surface area contributed by atoms with Crippen molar-refractivity contribution in [3.05, 3.63) is 64.1 Å². The minimum absolute atomic E-state index is 0.0310. The molecule has 0 atom stereocenters. The smallest absolute Gasteiger partial charge is 0.255 e. The molecule has 1 fully saturated rings. The Morgan fingerprint density at radius 2 is 1.80 bits per heavy atom. The summed E-state index contributed by atoms with van der Waals surface area (Å²) in [5.74, 6) is 0.0679. The lowest BCUT2D eigenvalue weighted by atomic mass is 9.95. The van der Waals surface area contributed by atoms with Gasteiger partial charge in [0.15, 0.2) is 5.65 Å². The molecule has 1 N–H and O–H groups in total. The number of benzene rings is 1. The molecule has 1 saturated heterocycles. The zero-order valence-electron chi connectivity index (χ0n) is 18.2. The van der Waals surface area contributed by atoms with Crippen LogP contribution in [0.5, 0.6) is 0 Å². The summed E-state index contributed by atoms with van der Waals surface area (Å²) in [7, 11) is 0. The minimum atomic E-state index is -0.0460. The van der Waals surface area contributed by atoms with Crippen LogP contribution in [0.25, 0.3) is 5.65 Å². The third kappa shape index (κ3) is 3.47. The number of hydrogen-bond acceptors (Lipinski definition) is 4. The molecular formula is C24H28N4O2. The van der Waals surface area contributed by atoms with Gasteiger partial charge in [0, 0.05) is 31.5 Å². The number of aryl methyl sites for hydroxylation is 4. The van der Waals surface area contributed by atoms with E-state index in [-0.39, 0.29) is 17.6 Å². The first kappa shape index (κ1) is 20.1. The number of carbonyl (C=O) groups is 2. The maximum atomic E-state index is 13.0. The number of rotatable bonds is 5. The van der Waals surface area contributed by atoms with Crippen molar-refractivity contribution in [2.24, 2.45) is 5.92 Å². The van der Waals surface area contributed by atoms with Crippen molar-refractivity contribution in [3.8, 4) is 0 Å². The first-order valence-electron chi connectivity index (χ1n) is 10.3. The fraction of sp³-hybridized carbons (Fsp3) is 0.375. The van der Waals surface area contributed by atoms with Crippen LogP contribution < -0.4 is 5.32 Å². The number of carbonyl (C=O) groups excluding carboxylic acids is 2. The molecule has 0 unspecified atom stereocenters. The van der Waals surface area contributed by atoms with Crippen LogP contribution >= 0.6 is 0 Å². The fourth-order valence-electron chi connectivity index (χ4n) is 4.01. The highest BCUT2D eigenvalue weighted by molar-refractivity contribution is 5.97. The monoisotopic (exact) mass is 404 g/mol. The molecule has 1 aromatic carbocycles. The van der Waals surface area contributed by atoms with Crippen LogP contribution in [-0.2, 0) is 11.3 Å². The third-order valence-corrected chi connectivity index (χ3v) is 6.29. The third-order valence-electron chi connectivity index (χ3n) is 6.29. The van der Waals surface area contributed by atoms with E-state index in [9.17, 15) is 9.59 Å². The standard InChI is InChI=1S/C24H28N4O2/c1-14-7-6-8-15(2)21(14)10-25-22-9-19(13-28-17(4)16(3)26-23(22)28)24(30)27-11-20(12-27)18(5)29/h6-9,13,20,25H,10-12H2,1-5H3. The van der Waals surface area contributed by atoms with Gasteiger partial charge in [0.2, 0.25) is 0 Å². The summed E-state index contributed by atoms with van der Waals surface area (Å²) in [6.07, 6.45) is 1.86. The summed E-state index contributed by atoms with van der Waals surface area (Å²) < 4.78 is 1.98. The number of nitrogens with one attached hydrogen (secondary N) is 1. The van der Waals surface area contributed by atoms with Gasteiger partial charge in [-0.3, -0.25) is 9.59 Å². The Hall–Kier alpha value is -3.15. The summed E-state index contributed by atoms with van der Waals surface area (Å²) in [4.78, 5) is 31.0. The zero-order chi connectivity index (χ0) is 21.6. The summed E-state index contributed by atoms with van der Waals surface area (Å²) in [6, 6.07) is 8.17. The van der Waals surface area contributed by atoms with Gasteiger partial charge >= 0.3 is 0 Å². The molecule has 0 aliphatic carbocycles. The highest BCUT2D eigenvalue weighted by Crippen LogP contribution is 2.26. The van der Waals surface area contributed by atoms with Crippen molar-refractivity contribution in [3.63, 3.8) is 0 Å². The average Bonchev–Trinajstić information content (AvgIpc) is 2.94. The first-order valence-corrected chi connectivity index (χ1v) is 10.3. The van der Waals surface area contributed by atoms with Gasteiger partial charge in [0.1, 0.15) is 5.78 Å². The average molecular weight is 405 g/mol. The van der Waals surface area contributed by atoms with Crippen molar-refractivity contribution in [1.82, 2.24) is 14.3 Å². The van der Waals surface area contributed by atoms with Gasteiger partial charge in [-0.15, -0.1) is 0 Å². The number of fused-ring (bicyclic) bond motifs is 1. The van der Waals surface area contributed by atoms with Crippen LogP contribution in [0.1, 0.15) is 45.4 Å². The number of amides is 1. The maximum absolute atomic E-state index is 13.0. The SMILES string of the molecule is CC(=O)C1CN(C(=O)c2cc(NCc3c(C)cccc3C)c3nc(C)c(C)n3c2)C1. The normalized spacial score (nSPS) is 14.1. The number of Topliss-reactive ketones (excluding diaryl/α,β-unsaturated/α-hetero) is 1. The van der Waals surface area contributed by atoms with Crippen LogP contribution in [-0.4, -0.2) is 39.1 Å². The molecule has 3 aromatic rings. The van der Waals surface area contributed by atoms with E-state index in [4.69, 9.17) is 4.98 Å². The Morgan fingerprint density at radius 3 is 2.43 bits per heavy atom. The van der Waals surface area contributed by atoms with Crippen LogP contribution in [0, 0.1) is 33.6 Å².